The third-order valence-corrected chi connectivity index (χ3v) is 3.08. The zero-order valence-corrected chi connectivity index (χ0v) is 9.42. The monoisotopic (exact) mass is 222 g/mol. The Balaban J connectivity index is 2.11. The van der Waals surface area contributed by atoms with E-state index in [2.05, 4.69) is 22.1 Å². The number of H-pyrrole nitrogens is 1. The maximum atomic E-state index is 5.87. The largest absolute Gasteiger partial charge is 0.327 e. The zero-order chi connectivity index (χ0) is 10.7. The molecule has 2 rings (SSSR count). The molecular formula is C10H14N4S. The van der Waals surface area contributed by atoms with E-state index < -0.39 is 0 Å². The lowest BCUT2D eigenvalue weighted by atomic mass is 10.1. The van der Waals surface area contributed by atoms with E-state index in [1.807, 2.05) is 11.4 Å². The van der Waals surface area contributed by atoms with Crippen LogP contribution in [0.2, 0.25) is 0 Å². The highest BCUT2D eigenvalue weighted by Gasteiger charge is 2.08. The van der Waals surface area contributed by atoms with Crippen LogP contribution in [-0.4, -0.2) is 21.2 Å². The third-order valence-electron chi connectivity index (χ3n) is 2.29. The number of thiazole rings is 1. The summed E-state index contributed by atoms with van der Waals surface area (Å²) in [6.07, 6.45) is 3.60. The zero-order valence-electron chi connectivity index (χ0n) is 8.60. The van der Waals surface area contributed by atoms with Crippen molar-refractivity contribution in [3.05, 3.63) is 23.3 Å². The van der Waals surface area contributed by atoms with Crippen molar-refractivity contribution >= 4 is 11.3 Å². The normalized spacial score (nSPS) is 12.9. The van der Waals surface area contributed by atoms with Gasteiger partial charge in [-0.15, -0.1) is 11.3 Å². The molecule has 1 atom stereocenters. The van der Waals surface area contributed by atoms with Crippen LogP contribution in [0.1, 0.15) is 19.0 Å². The number of hydrogen-bond donors (Lipinski definition) is 2. The number of rotatable bonds is 4. The summed E-state index contributed by atoms with van der Waals surface area (Å²) in [6.45, 7) is 2.09. The van der Waals surface area contributed by atoms with Crippen LogP contribution in [0.4, 0.5) is 0 Å². The standard InChI is InChI=1S/C10H14N4S/c1-2-7(11)5-8-6-9(14-13-8)10-12-3-4-15-10/h3-4,6-7H,2,5,11H2,1H3,(H,13,14). The number of aromatic nitrogens is 3. The molecule has 0 aliphatic rings. The van der Waals surface area contributed by atoms with Gasteiger partial charge >= 0.3 is 0 Å². The van der Waals surface area contributed by atoms with Gasteiger partial charge in [-0.25, -0.2) is 4.98 Å². The van der Waals surface area contributed by atoms with Crippen molar-refractivity contribution in [3.8, 4) is 10.7 Å². The molecule has 0 aliphatic carbocycles. The first-order chi connectivity index (χ1) is 7.29. The maximum absolute atomic E-state index is 5.87. The summed E-state index contributed by atoms with van der Waals surface area (Å²) in [7, 11) is 0. The summed E-state index contributed by atoms with van der Waals surface area (Å²) < 4.78 is 0. The summed E-state index contributed by atoms with van der Waals surface area (Å²) >= 11 is 1.59. The quantitative estimate of drug-likeness (QED) is 0.829. The Labute approximate surface area is 92.5 Å². The SMILES string of the molecule is CCC(N)Cc1cc(-c2nccs2)n[nH]1. The number of nitrogens with one attached hydrogen (secondary N) is 1. The van der Waals surface area contributed by atoms with Gasteiger partial charge in [-0.05, 0) is 12.5 Å². The number of aromatic amines is 1. The van der Waals surface area contributed by atoms with Crippen LogP contribution in [0.15, 0.2) is 17.6 Å². The first kappa shape index (κ1) is 10.3. The number of nitrogens with zero attached hydrogens (tertiary/aromatic N) is 2. The summed E-state index contributed by atoms with van der Waals surface area (Å²) in [5, 5.41) is 10.1. The summed E-state index contributed by atoms with van der Waals surface area (Å²) in [5.74, 6) is 0. The molecule has 2 aromatic rings. The van der Waals surface area contributed by atoms with Crippen molar-refractivity contribution in [2.24, 2.45) is 5.73 Å². The Morgan fingerprint density at radius 3 is 3.13 bits per heavy atom. The number of hydrogen-bond acceptors (Lipinski definition) is 4. The molecule has 0 aromatic carbocycles. The van der Waals surface area contributed by atoms with Crippen LogP contribution in [0, 0.1) is 0 Å². The fraction of sp³-hybridized carbons (Fsp3) is 0.400. The molecule has 0 radical (unpaired) electrons. The fourth-order valence-electron chi connectivity index (χ4n) is 1.35. The van der Waals surface area contributed by atoms with E-state index in [1.54, 1.807) is 17.5 Å². The lowest BCUT2D eigenvalue weighted by Gasteiger charge is -2.04. The predicted octanol–water partition coefficient (Wildman–Crippen LogP) is 1.81. The minimum absolute atomic E-state index is 0.203. The van der Waals surface area contributed by atoms with Gasteiger partial charge in [0, 0.05) is 29.7 Å². The van der Waals surface area contributed by atoms with Crippen LogP contribution in [0.3, 0.4) is 0 Å². The molecule has 0 bridgehead atoms. The Bertz CT molecular complexity index is 407. The molecule has 15 heavy (non-hydrogen) atoms. The summed E-state index contributed by atoms with van der Waals surface area (Å²) in [4.78, 5) is 4.20. The Morgan fingerprint density at radius 1 is 1.60 bits per heavy atom. The van der Waals surface area contributed by atoms with Crippen LogP contribution < -0.4 is 5.73 Å². The highest BCUT2D eigenvalue weighted by Crippen LogP contribution is 2.20. The van der Waals surface area contributed by atoms with Gasteiger partial charge in [0.15, 0.2) is 0 Å². The van der Waals surface area contributed by atoms with Crippen LogP contribution in [-0.2, 0) is 6.42 Å². The molecule has 0 amide bonds. The van der Waals surface area contributed by atoms with Gasteiger partial charge in [-0.3, -0.25) is 5.10 Å². The highest BCUT2D eigenvalue weighted by molar-refractivity contribution is 7.13. The van der Waals surface area contributed by atoms with Crippen LogP contribution >= 0.6 is 11.3 Å². The van der Waals surface area contributed by atoms with Gasteiger partial charge in [-0.1, -0.05) is 6.92 Å². The van der Waals surface area contributed by atoms with E-state index in [9.17, 15) is 0 Å². The third kappa shape index (κ3) is 2.43. The van der Waals surface area contributed by atoms with E-state index in [0.29, 0.717) is 0 Å². The lowest BCUT2D eigenvalue weighted by molar-refractivity contribution is 0.635. The Hall–Kier alpha value is -1.20. The van der Waals surface area contributed by atoms with Crippen LogP contribution in [0.25, 0.3) is 10.7 Å². The van der Waals surface area contributed by atoms with Crippen molar-refractivity contribution in [2.75, 3.05) is 0 Å². The van der Waals surface area contributed by atoms with Gasteiger partial charge in [-0.2, -0.15) is 5.10 Å². The molecule has 5 heteroatoms. The topological polar surface area (TPSA) is 67.6 Å². The smallest absolute Gasteiger partial charge is 0.143 e. The van der Waals surface area contributed by atoms with Gasteiger partial charge < -0.3 is 5.73 Å². The second kappa shape index (κ2) is 4.55. The fourth-order valence-corrected chi connectivity index (χ4v) is 1.95. The minimum Gasteiger partial charge on any atom is -0.327 e. The van der Waals surface area contributed by atoms with E-state index in [-0.39, 0.29) is 6.04 Å². The van der Waals surface area contributed by atoms with Gasteiger partial charge in [0.2, 0.25) is 0 Å². The van der Waals surface area contributed by atoms with Crippen LogP contribution in [0.5, 0.6) is 0 Å². The van der Waals surface area contributed by atoms with E-state index in [1.165, 1.54) is 0 Å². The van der Waals surface area contributed by atoms with Crippen molar-refractivity contribution in [1.29, 1.82) is 0 Å². The van der Waals surface area contributed by atoms with Crippen molar-refractivity contribution in [2.45, 2.75) is 25.8 Å². The molecular weight excluding hydrogens is 208 g/mol. The van der Waals surface area contributed by atoms with Gasteiger partial charge in [0.05, 0.1) is 0 Å². The lowest BCUT2D eigenvalue weighted by Crippen LogP contribution is -2.21. The molecule has 2 heterocycles. The highest BCUT2D eigenvalue weighted by atomic mass is 32.1. The van der Waals surface area contributed by atoms with E-state index >= 15 is 0 Å². The summed E-state index contributed by atoms with van der Waals surface area (Å²) in [6, 6.07) is 2.23. The summed E-state index contributed by atoms with van der Waals surface area (Å²) in [5.41, 5.74) is 7.86. The molecule has 0 saturated carbocycles. The molecule has 4 nitrogen and oxygen atoms in total. The number of nitrogens with two attached hydrogens (primary N) is 1. The molecule has 2 aromatic heterocycles. The minimum atomic E-state index is 0.203. The van der Waals surface area contributed by atoms with Gasteiger partial charge in [0.1, 0.15) is 10.7 Å². The van der Waals surface area contributed by atoms with Crippen molar-refractivity contribution in [3.63, 3.8) is 0 Å². The van der Waals surface area contributed by atoms with E-state index in [0.717, 1.165) is 29.2 Å². The van der Waals surface area contributed by atoms with E-state index in [4.69, 9.17) is 5.73 Å². The Morgan fingerprint density at radius 2 is 2.47 bits per heavy atom. The first-order valence-electron chi connectivity index (χ1n) is 4.99. The van der Waals surface area contributed by atoms with Crippen molar-refractivity contribution in [1.82, 2.24) is 15.2 Å². The maximum Gasteiger partial charge on any atom is 0.143 e. The second-order valence-electron chi connectivity index (χ2n) is 3.49. The average Bonchev–Trinajstić information content (AvgIpc) is 2.85. The van der Waals surface area contributed by atoms with Gasteiger partial charge in [0.25, 0.3) is 0 Å². The molecule has 3 N–H and O–H groups in total. The molecule has 0 spiro atoms. The molecule has 0 fully saturated rings. The molecule has 0 saturated heterocycles. The molecule has 80 valence electrons. The average molecular weight is 222 g/mol. The Kier molecular flexibility index (Phi) is 3.13. The molecule has 1 unspecified atom stereocenters. The second-order valence-corrected chi connectivity index (χ2v) is 4.38. The first-order valence-corrected chi connectivity index (χ1v) is 5.87. The predicted molar refractivity (Wildman–Crippen MR) is 61.7 cm³/mol. The molecule has 0 aliphatic heterocycles. The van der Waals surface area contributed by atoms with Crippen molar-refractivity contribution < 1.29 is 0 Å².